The fourth-order valence-electron chi connectivity index (χ4n) is 3.59. The Morgan fingerprint density at radius 1 is 1.28 bits per heavy atom. The number of nitrogens with one attached hydrogen (secondary N) is 2. The number of amides is 1. The van der Waals surface area contributed by atoms with E-state index in [2.05, 4.69) is 20.2 Å². The largest absolute Gasteiger partial charge is 0.475 e. The number of benzene rings is 1. The Kier molecular flexibility index (Phi) is 5.30. The van der Waals surface area contributed by atoms with Crippen molar-refractivity contribution in [1.29, 1.82) is 0 Å². The van der Waals surface area contributed by atoms with Crippen molar-refractivity contribution in [3.05, 3.63) is 53.5 Å². The minimum Gasteiger partial charge on any atom is -0.475 e. The Labute approximate surface area is 165 Å². The third kappa shape index (κ3) is 4.45. The molecule has 1 amide bonds. The number of carbonyl (C=O) groups excluding carboxylic acids is 1. The fraction of sp³-hybridized carbons (Fsp3) is 0.350. The van der Waals surface area contributed by atoms with E-state index in [1.54, 1.807) is 6.07 Å². The average Bonchev–Trinajstić information content (AvgIpc) is 3.33. The van der Waals surface area contributed by atoms with Gasteiger partial charge in [0, 0.05) is 5.92 Å². The Bertz CT molecular complexity index is 1040. The zero-order valence-corrected chi connectivity index (χ0v) is 15.7. The molecule has 0 saturated carbocycles. The van der Waals surface area contributed by atoms with E-state index in [9.17, 15) is 14.0 Å². The lowest BCUT2D eigenvalue weighted by Gasteiger charge is -2.30. The molecule has 152 valence electrons. The molecule has 3 N–H and O–H groups in total. The second-order valence-electron chi connectivity index (χ2n) is 7.18. The number of aromatic nitrogens is 2. The van der Waals surface area contributed by atoms with Crippen LogP contribution in [0.2, 0.25) is 0 Å². The van der Waals surface area contributed by atoms with Crippen LogP contribution in [0.15, 0.2) is 34.7 Å². The maximum absolute atomic E-state index is 13.3. The molecule has 3 heterocycles. The molecule has 1 aliphatic rings. The van der Waals surface area contributed by atoms with E-state index >= 15 is 0 Å². The fourth-order valence-corrected chi connectivity index (χ4v) is 3.59. The number of aromatic amines is 1. The Balaban J connectivity index is 1.25. The lowest BCUT2D eigenvalue weighted by atomic mass is 9.96. The summed E-state index contributed by atoms with van der Waals surface area (Å²) in [6, 6.07) is 7.42. The summed E-state index contributed by atoms with van der Waals surface area (Å²) in [5.41, 5.74) is 1.46. The minimum absolute atomic E-state index is 0.143. The maximum Gasteiger partial charge on any atom is 0.371 e. The van der Waals surface area contributed by atoms with Gasteiger partial charge in [-0.1, -0.05) is 0 Å². The van der Waals surface area contributed by atoms with Crippen LogP contribution in [-0.4, -0.2) is 51.5 Å². The third-order valence-corrected chi connectivity index (χ3v) is 5.14. The smallest absolute Gasteiger partial charge is 0.371 e. The van der Waals surface area contributed by atoms with Gasteiger partial charge >= 0.3 is 5.97 Å². The molecule has 1 fully saturated rings. The first-order valence-electron chi connectivity index (χ1n) is 9.44. The third-order valence-electron chi connectivity index (χ3n) is 5.14. The Morgan fingerprint density at radius 3 is 2.79 bits per heavy atom. The van der Waals surface area contributed by atoms with Crippen molar-refractivity contribution in [3.8, 4) is 0 Å². The normalized spacial score (nSPS) is 15.6. The van der Waals surface area contributed by atoms with Gasteiger partial charge in [0.1, 0.15) is 17.4 Å². The molecule has 3 aromatic rings. The molecule has 2 aromatic heterocycles. The quantitative estimate of drug-likeness (QED) is 0.586. The van der Waals surface area contributed by atoms with Crippen LogP contribution in [0.1, 0.15) is 40.9 Å². The number of hydrogen-bond donors (Lipinski definition) is 3. The lowest BCUT2D eigenvalue weighted by molar-refractivity contribution is -0.122. The standard InChI is InChI=1S/C20H21FN4O4/c21-13-1-3-15-16(9-13)24-19(23-15)12-5-7-25(8-6-12)11-18(26)22-10-14-2-4-17(29-14)20(27)28/h1-4,9,12H,5-8,10-11H2,(H,22,26)(H,23,24)(H,27,28). The zero-order valence-electron chi connectivity index (χ0n) is 15.7. The summed E-state index contributed by atoms with van der Waals surface area (Å²) < 4.78 is 18.5. The number of furan rings is 1. The molecule has 1 aliphatic heterocycles. The van der Waals surface area contributed by atoms with Crippen molar-refractivity contribution in [2.24, 2.45) is 0 Å². The molecule has 0 atom stereocenters. The molecule has 9 heteroatoms. The van der Waals surface area contributed by atoms with Crippen molar-refractivity contribution in [2.75, 3.05) is 19.6 Å². The number of piperidine rings is 1. The predicted molar refractivity (Wildman–Crippen MR) is 102 cm³/mol. The average molecular weight is 400 g/mol. The molecule has 4 rings (SSSR count). The van der Waals surface area contributed by atoms with E-state index in [1.807, 2.05) is 0 Å². The molecule has 0 radical (unpaired) electrons. The molecular weight excluding hydrogens is 379 g/mol. The summed E-state index contributed by atoms with van der Waals surface area (Å²) in [4.78, 5) is 32.8. The van der Waals surface area contributed by atoms with Gasteiger partial charge in [-0.3, -0.25) is 9.69 Å². The van der Waals surface area contributed by atoms with Crippen LogP contribution >= 0.6 is 0 Å². The van der Waals surface area contributed by atoms with E-state index < -0.39 is 5.97 Å². The number of carbonyl (C=O) groups is 2. The number of likely N-dealkylation sites (tertiary alicyclic amines) is 1. The monoisotopic (exact) mass is 400 g/mol. The first-order valence-corrected chi connectivity index (χ1v) is 9.44. The van der Waals surface area contributed by atoms with Crippen molar-refractivity contribution < 1.29 is 23.5 Å². The summed E-state index contributed by atoms with van der Waals surface area (Å²) in [6.07, 6.45) is 1.71. The number of hydrogen-bond acceptors (Lipinski definition) is 5. The molecule has 29 heavy (non-hydrogen) atoms. The van der Waals surface area contributed by atoms with Gasteiger partial charge in [-0.05, 0) is 56.3 Å². The van der Waals surface area contributed by atoms with Crippen LogP contribution in [0.3, 0.4) is 0 Å². The summed E-state index contributed by atoms with van der Waals surface area (Å²) in [5, 5.41) is 11.6. The van der Waals surface area contributed by atoms with Gasteiger partial charge < -0.3 is 19.8 Å². The molecule has 1 aromatic carbocycles. The van der Waals surface area contributed by atoms with Crippen LogP contribution in [0.5, 0.6) is 0 Å². The van der Waals surface area contributed by atoms with Gasteiger partial charge in [-0.2, -0.15) is 0 Å². The number of halogens is 1. The van der Waals surface area contributed by atoms with Gasteiger partial charge in [0.2, 0.25) is 11.7 Å². The molecule has 8 nitrogen and oxygen atoms in total. The molecule has 0 spiro atoms. The summed E-state index contributed by atoms with van der Waals surface area (Å²) in [6.45, 7) is 1.93. The van der Waals surface area contributed by atoms with Crippen molar-refractivity contribution in [2.45, 2.75) is 25.3 Å². The molecular formula is C20H21FN4O4. The second-order valence-corrected chi connectivity index (χ2v) is 7.18. The first-order chi connectivity index (χ1) is 14.0. The summed E-state index contributed by atoms with van der Waals surface area (Å²) in [5.74, 6) is -0.206. The molecule has 0 unspecified atom stereocenters. The number of aromatic carboxylic acids is 1. The van der Waals surface area contributed by atoms with E-state index in [0.717, 1.165) is 37.3 Å². The Hall–Kier alpha value is -3.20. The number of fused-ring (bicyclic) bond motifs is 1. The van der Waals surface area contributed by atoms with E-state index in [-0.39, 0.29) is 36.5 Å². The van der Waals surface area contributed by atoms with Gasteiger partial charge in [0.15, 0.2) is 0 Å². The highest BCUT2D eigenvalue weighted by atomic mass is 19.1. The number of carboxylic acid groups (broad SMARTS) is 1. The highest BCUT2D eigenvalue weighted by Gasteiger charge is 2.24. The number of nitrogens with zero attached hydrogens (tertiary/aromatic N) is 2. The van der Waals surface area contributed by atoms with Crippen LogP contribution in [-0.2, 0) is 11.3 Å². The van der Waals surface area contributed by atoms with E-state index in [0.29, 0.717) is 11.3 Å². The number of carboxylic acids is 1. The molecule has 1 saturated heterocycles. The maximum atomic E-state index is 13.3. The van der Waals surface area contributed by atoms with Gasteiger partial charge in [-0.15, -0.1) is 0 Å². The topological polar surface area (TPSA) is 111 Å². The van der Waals surface area contributed by atoms with Crippen LogP contribution in [0.4, 0.5) is 4.39 Å². The molecule has 0 bridgehead atoms. The van der Waals surface area contributed by atoms with E-state index in [1.165, 1.54) is 24.3 Å². The number of H-pyrrole nitrogens is 1. The van der Waals surface area contributed by atoms with E-state index in [4.69, 9.17) is 9.52 Å². The highest BCUT2D eigenvalue weighted by molar-refractivity contribution is 5.84. The summed E-state index contributed by atoms with van der Waals surface area (Å²) >= 11 is 0. The molecule has 0 aliphatic carbocycles. The van der Waals surface area contributed by atoms with Crippen molar-refractivity contribution in [1.82, 2.24) is 20.2 Å². The first kappa shape index (κ1) is 19.1. The highest BCUT2D eigenvalue weighted by Crippen LogP contribution is 2.27. The van der Waals surface area contributed by atoms with Crippen molar-refractivity contribution in [3.63, 3.8) is 0 Å². The Morgan fingerprint density at radius 2 is 2.07 bits per heavy atom. The minimum atomic E-state index is -1.14. The van der Waals surface area contributed by atoms with Gasteiger partial charge in [-0.25, -0.2) is 14.2 Å². The predicted octanol–water partition coefficient (Wildman–Crippen LogP) is 2.49. The van der Waals surface area contributed by atoms with Crippen LogP contribution in [0, 0.1) is 5.82 Å². The van der Waals surface area contributed by atoms with Gasteiger partial charge in [0.05, 0.1) is 24.1 Å². The van der Waals surface area contributed by atoms with Crippen molar-refractivity contribution >= 4 is 22.9 Å². The zero-order chi connectivity index (χ0) is 20.4. The summed E-state index contributed by atoms with van der Waals surface area (Å²) in [7, 11) is 0. The van der Waals surface area contributed by atoms with Crippen LogP contribution < -0.4 is 5.32 Å². The SMILES string of the molecule is O=C(CN1CCC(c2nc3ccc(F)cc3[nH]2)CC1)NCc1ccc(C(=O)O)o1. The second kappa shape index (κ2) is 8.04. The number of rotatable bonds is 6. The van der Waals surface area contributed by atoms with Crippen LogP contribution in [0.25, 0.3) is 11.0 Å². The number of imidazole rings is 1. The lowest BCUT2D eigenvalue weighted by Crippen LogP contribution is -2.41. The van der Waals surface area contributed by atoms with Gasteiger partial charge in [0.25, 0.3) is 0 Å².